The van der Waals surface area contributed by atoms with Crippen LogP contribution in [0.15, 0.2) is 24.3 Å². The number of carbonyl (C=O) groups is 2. The van der Waals surface area contributed by atoms with E-state index in [1.54, 1.807) is 6.92 Å². The van der Waals surface area contributed by atoms with Crippen LogP contribution in [0.2, 0.25) is 0 Å². The van der Waals surface area contributed by atoms with Crippen LogP contribution >= 0.6 is 0 Å². The van der Waals surface area contributed by atoms with Gasteiger partial charge in [-0.1, -0.05) is 51.9 Å². The third-order valence-corrected chi connectivity index (χ3v) is 4.05. The van der Waals surface area contributed by atoms with Gasteiger partial charge >= 0.3 is 5.97 Å². The average molecular weight is 351 g/mol. The van der Waals surface area contributed by atoms with Crippen molar-refractivity contribution in [3.8, 4) is 0 Å². The first-order valence-electron chi connectivity index (χ1n) is 9.27. The zero-order valence-electron chi connectivity index (χ0n) is 15.4. The predicted octanol–water partition coefficient (Wildman–Crippen LogP) is 4.63. The number of ether oxygens (including phenoxy) is 1. The summed E-state index contributed by atoms with van der Waals surface area (Å²) in [6, 6.07) is 4.44. The van der Waals surface area contributed by atoms with Gasteiger partial charge in [0.15, 0.2) is 0 Å². The molecule has 0 heterocycles. The lowest BCUT2D eigenvalue weighted by atomic mass is 10.1. The minimum absolute atomic E-state index is 0.309. The third kappa shape index (κ3) is 9.22. The molecule has 4 nitrogen and oxygen atoms in total. The number of nitrogens with one attached hydrogen (secondary N) is 1. The fraction of sp³-hybridized carbons (Fsp3) is 0.600. The molecule has 0 fully saturated rings. The number of rotatable bonds is 12. The van der Waals surface area contributed by atoms with Crippen LogP contribution in [-0.4, -0.2) is 24.5 Å². The summed E-state index contributed by atoms with van der Waals surface area (Å²) in [4.78, 5) is 23.8. The lowest BCUT2D eigenvalue weighted by Gasteiger charge is -2.13. The van der Waals surface area contributed by atoms with E-state index in [-0.39, 0.29) is 0 Å². The van der Waals surface area contributed by atoms with E-state index in [9.17, 15) is 14.0 Å². The number of unbranched alkanes of at least 4 members (excludes halogenated alkanes) is 7. The average Bonchev–Trinajstić information content (AvgIpc) is 2.60. The van der Waals surface area contributed by atoms with E-state index in [1.165, 1.54) is 56.4 Å². The fourth-order valence-electron chi connectivity index (χ4n) is 2.47. The summed E-state index contributed by atoms with van der Waals surface area (Å²) in [5.41, 5.74) is 0.309. The van der Waals surface area contributed by atoms with Gasteiger partial charge in [0.2, 0.25) is 0 Å². The lowest BCUT2D eigenvalue weighted by molar-refractivity contribution is -0.145. The quantitative estimate of drug-likeness (QED) is 0.441. The molecule has 140 valence electrons. The maximum Gasteiger partial charge on any atom is 0.328 e. The third-order valence-electron chi connectivity index (χ3n) is 4.05. The second-order valence-corrected chi connectivity index (χ2v) is 6.34. The van der Waals surface area contributed by atoms with Gasteiger partial charge in [0.25, 0.3) is 5.91 Å². The Morgan fingerprint density at radius 1 is 1.00 bits per heavy atom. The van der Waals surface area contributed by atoms with Crippen LogP contribution in [-0.2, 0) is 9.53 Å². The molecule has 0 saturated carbocycles. The molecular formula is C20H30FNO3. The van der Waals surface area contributed by atoms with Gasteiger partial charge in [-0.3, -0.25) is 4.79 Å². The van der Waals surface area contributed by atoms with E-state index in [1.807, 2.05) is 0 Å². The number of carbonyl (C=O) groups excluding carboxylic acids is 2. The highest BCUT2D eigenvalue weighted by Gasteiger charge is 2.17. The van der Waals surface area contributed by atoms with Crippen LogP contribution < -0.4 is 5.32 Å². The lowest BCUT2D eigenvalue weighted by Crippen LogP contribution is -2.39. The fourth-order valence-corrected chi connectivity index (χ4v) is 2.47. The summed E-state index contributed by atoms with van der Waals surface area (Å²) < 4.78 is 18.0. The van der Waals surface area contributed by atoms with Gasteiger partial charge in [0.1, 0.15) is 11.9 Å². The van der Waals surface area contributed by atoms with Crippen LogP contribution in [0.3, 0.4) is 0 Å². The van der Waals surface area contributed by atoms with Crippen molar-refractivity contribution in [3.63, 3.8) is 0 Å². The number of benzene rings is 1. The molecule has 1 amide bonds. The zero-order chi connectivity index (χ0) is 18.5. The van der Waals surface area contributed by atoms with Gasteiger partial charge in [-0.2, -0.15) is 0 Å². The molecule has 1 aromatic rings. The first-order valence-corrected chi connectivity index (χ1v) is 9.27. The molecule has 0 aromatic heterocycles. The molecule has 0 aliphatic heterocycles. The van der Waals surface area contributed by atoms with Crippen molar-refractivity contribution in [1.82, 2.24) is 5.32 Å². The van der Waals surface area contributed by atoms with Gasteiger partial charge < -0.3 is 10.1 Å². The Kier molecular flexibility index (Phi) is 10.5. The summed E-state index contributed by atoms with van der Waals surface area (Å²) in [7, 11) is 0. The Morgan fingerprint density at radius 3 is 2.16 bits per heavy atom. The standard InChI is InChI=1S/C20H30FNO3/c1-3-4-5-6-7-8-9-10-15-25-20(24)16(2)22-19(23)17-11-13-18(21)14-12-17/h11-14,16H,3-10,15H2,1-2H3,(H,22,23). The molecule has 0 radical (unpaired) electrons. The van der Waals surface area contributed by atoms with Crippen molar-refractivity contribution in [2.75, 3.05) is 6.61 Å². The first-order chi connectivity index (χ1) is 12.0. The topological polar surface area (TPSA) is 55.4 Å². The molecule has 0 saturated heterocycles. The van der Waals surface area contributed by atoms with E-state index in [0.29, 0.717) is 12.2 Å². The van der Waals surface area contributed by atoms with Gasteiger partial charge in [0.05, 0.1) is 6.61 Å². The highest BCUT2D eigenvalue weighted by atomic mass is 19.1. The molecule has 0 aliphatic carbocycles. The van der Waals surface area contributed by atoms with Crippen molar-refractivity contribution in [1.29, 1.82) is 0 Å². The Labute approximate surface area is 150 Å². The number of esters is 1. The Balaban J connectivity index is 2.13. The van der Waals surface area contributed by atoms with Crippen molar-refractivity contribution < 1.29 is 18.7 Å². The summed E-state index contributed by atoms with van der Waals surface area (Å²) in [6.45, 7) is 4.17. The summed E-state index contributed by atoms with van der Waals surface area (Å²) >= 11 is 0. The molecule has 0 aliphatic rings. The molecule has 1 N–H and O–H groups in total. The summed E-state index contributed by atoms with van der Waals surface area (Å²) in [5.74, 6) is -1.27. The summed E-state index contributed by atoms with van der Waals surface area (Å²) in [6.07, 6.45) is 9.44. The van der Waals surface area contributed by atoms with E-state index in [0.717, 1.165) is 19.3 Å². The van der Waals surface area contributed by atoms with Gasteiger partial charge in [0, 0.05) is 5.56 Å². The van der Waals surface area contributed by atoms with Crippen molar-refractivity contribution in [2.24, 2.45) is 0 Å². The number of amides is 1. The highest BCUT2D eigenvalue weighted by Crippen LogP contribution is 2.08. The maximum absolute atomic E-state index is 12.8. The second kappa shape index (κ2) is 12.5. The second-order valence-electron chi connectivity index (χ2n) is 6.34. The number of hydrogen-bond acceptors (Lipinski definition) is 3. The van der Waals surface area contributed by atoms with E-state index >= 15 is 0 Å². The highest BCUT2D eigenvalue weighted by molar-refractivity contribution is 5.96. The maximum atomic E-state index is 12.8. The summed E-state index contributed by atoms with van der Waals surface area (Å²) in [5, 5.41) is 2.56. The molecule has 1 rings (SSSR count). The Bertz CT molecular complexity index is 516. The number of halogens is 1. The van der Waals surface area contributed by atoms with Crippen LogP contribution in [0.25, 0.3) is 0 Å². The van der Waals surface area contributed by atoms with E-state index in [4.69, 9.17) is 4.74 Å². The zero-order valence-corrected chi connectivity index (χ0v) is 15.4. The van der Waals surface area contributed by atoms with Crippen LogP contribution in [0.1, 0.15) is 75.6 Å². The predicted molar refractivity (Wildman–Crippen MR) is 96.9 cm³/mol. The van der Waals surface area contributed by atoms with Crippen LogP contribution in [0.4, 0.5) is 4.39 Å². The Hall–Kier alpha value is -1.91. The normalized spacial score (nSPS) is 11.8. The monoisotopic (exact) mass is 351 g/mol. The smallest absolute Gasteiger partial charge is 0.328 e. The SMILES string of the molecule is CCCCCCCCCCOC(=O)C(C)NC(=O)c1ccc(F)cc1. The first kappa shape index (κ1) is 21.1. The molecule has 5 heteroatoms. The van der Waals surface area contributed by atoms with Crippen molar-refractivity contribution in [3.05, 3.63) is 35.6 Å². The molecular weight excluding hydrogens is 321 g/mol. The minimum Gasteiger partial charge on any atom is -0.464 e. The Morgan fingerprint density at radius 2 is 1.56 bits per heavy atom. The van der Waals surface area contributed by atoms with Crippen molar-refractivity contribution >= 4 is 11.9 Å². The molecule has 0 bridgehead atoms. The molecule has 1 atom stereocenters. The van der Waals surface area contributed by atoms with Crippen LogP contribution in [0, 0.1) is 5.82 Å². The van der Waals surface area contributed by atoms with Gasteiger partial charge in [-0.05, 0) is 37.6 Å². The van der Waals surface area contributed by atoms with Crippen molar-refractivity contribution in [2.45, 2.75) is 71.3 Å². The largest absolute Gasteiger partial charge is 0.464 e. The minimum atomic E-state index is -0.730. The van der Waals surface area contributed by atoms with Gasteiger partial charge in [-0.25, -0.2) is 9.18 Å². The van der Waals surface area contributed by atoms with E-state index in [2.05, 4.69) is 12.2 Å². The molecule has 1 aromatic carbocycles. The molecule has 25 heavy (non-hydrogen) atoms. The molecule has 1 unspecified atom stereocenters. The van der Waals surface area contributed by atoms with E-state index < -0.39 is 23.7 Å². The molecule has 0 spiro atoms. The number of hydrogen-bond donors (Lipinski definition) is 1. The van der Waals surface area contributed by atoms with Crippen LogP contribution in [0.5, 0.6) is 0 Å². The van der Waals surface area contributed by atoms with Gasteiger partial charge in [-0.15, -0.1) is 0 Å².